The van der Waals surface area contributed by atoms with E-state index in [0.29, 0.717) is 5.92 Å². The van der Waals surface area contributed by atoms with Gasteiger partial charge in [0.2, 0.25) is 0 Å². The van der Waals surface area contributed by atoms with Gasteiger partial charge in [-0.15, -0.1) is 5.10 Å². The van der Waals surface area contributed by atoms with E-state index >= 15 is 0 Å². The van der Waals surface area contributed by atoms with Crippen molar-refractivity contribution in [3.63, 3.8) is 0 Å². The lowest BCUT2D eigenvalue weighted by Gasteiger charge is -2.20. The van der Waals surface area contributed by atoms with Gasteiger partial charge < -0.3 is 10.1 Å². The van der Waals surface area contributed by atoms with Gasteiger partial charge in [-0.05, 0) is 42.5 Å². The van der Waals surface area contributed by atoms with Crippen LogP contribution in [0.4, 0.5) is 0 Å². The molecule has 0 saturated heterocycles. The molecule has 0 radical (unpaired) electrons. The summed E-state index contributed by atoms with van der Waals surface area (Å²) < 4.78 is 9.60. The smallest absolute Gasteiger partial charge is 0.142 e. The van der Waals surface area contributed by atoms with Crippen LogP contribution in [0.15, 0.2) is 18.3 Å². The fraction of sp³-hybridized carbons (Fsp3) is 0.533. The van der Waals surface area contributed by atoms with Crippen LogP contribution in [0.3, 0.4) is 0 Å². The van der Waals surface area contributed by atoms with Gasteiger partial charge >= 0.3 is 0 Å². The van der Waals surface area contributed by atoms with Gasteiger partial charge in [-0.1, -0.05) is 25.3 Å². The first-order valence-corrected chi connectivity index (χ1v) is 8.00. The molecule has 0 aliphatic heterocycles. The molecule has 0 aliphatic carbocycles. The molecule has 0 amide bonds. The topological polar surface area (TPSA) is 59.9 Å². The molecule has 21 heavy (non-hydrogen) atoms. The quantitative estimate of drug-likeness (QED) is 0.851. The van der Waals surface area contributed by atoms with E-state index in [4.69, 9.17) is 4.74 Å². The Morgan fingerprint density at radius 3 is 2.81 bits per heavy atom. The molecule has 114 valence electrons. The highest BCUT2D eigenvalue weighted by Crippen LogP contribution is 2.33. The number of aromatic nitrogens is 3. The Balaban J connectivity index is 2.45. The molecule has 2 heterocycles. The lowest BCUT2D eigenvalue weighted by Crippen LogP contribution is -2.25. The zero-order valence-electron chi connectivity index (χ0n) is 13.0. The third-order valence-corrected chi connectivity index (χ3v) is 4.05. The highest BCUT2D eigenvalue weighted by molar-refractivity contribution is 7.05. The minimum Gasteiger partial charge on any atom is -0.495 e. The van der Waals surface area contributed by atoms with E-state index in [0.717, 1.165) is 35.0 Å². The lowest BCUT2D eigenvalue weighted by molar-refractivity contribution is 0.400. The molecular formula is C15H22N4OS. The van der Waals surface area contributed by atoms with Crippen molar-refractivity contribution in [2.24, 2.45) is 0 Å². The second kappa shape index (κ2) is 7.47. The highest BCUT2D eigenvalue weighted by atomic mass is 32.1. The van der Waals surface area contributed by atoms with Crippen LogP contribution in [0, 0.1) is 0 Å². The third kappa shape index (κ3) is 3.57. The molecule has 6 heteroatoms. The summed E-state index contributed by atoms with van der Waals surface area (Å²) in [6.45, 7) is 7.31. The third-order valence-electron chi connectivity index (χ3n) is 3.24. The molecule has 1 unspecified atom stereocenters. The Kier molecular flexibility index (Phi) is 5.64. The van der Waals surface area contributed by atoms with Crippen molar-refractivity contribution in [1.29, 1.82) is 0 Å². The van der Waals surface area contributed by atoms with Gasteiger partial charge in [0.25, 0.3) is 0 Å². The fourth-order valence-corrected chi connectivity index (χ4v) is 3.09. The maximum Gasteiger partial charge on any atom is 0.142 e. The van der Waals surface area contributed by atoms with E-state index in [1.807, 2.05) is 12.1 Å². The predicted molar refractivity (Wildman–Crippen MR) is 84.9 cm³/mol. The first kappa shape index (κ1) is 15.9. The molecule has 0 fully saturated rings. The number of nitrogens with zero attached hydrogens (tertiary/aromatic N) is 3. The largest absolute Gasteiger partial charge is 0.495 e. The van der Waals surface area contributed by atoms with E-state index in [1.54, 1.807) is 13.3 Å². The van der Waals surface area contributed by atoms with E-state index in [-0.39, 0.29) is 6.04 Å². The van der Waals surface area contributed by atoms with E-state index in [1.165, 1.54) is 11.5 Å². The zero-order chi connectivity index (χ0) is 15.2. The summed E-state index contributed by atoms with van der Waals surface area (Å²) in [5.41, 5.74) is 1.92. The van der Waals surface area contributed by atoms with Crippen LogP contribution >= 0.6 is 11.5 Å². The van der Waals surface area contributed by atoms with Crippen molar-refractivity contribution in [2.75, 3.05) is 13.7 Å². The van der Waals surface area contributed by atoms with Gasteiger partial charge in [0.05, 0.1) is 23.7 Å². The fourth-order valence-electron chi connectivity index (χ4n) is 2.20. The maximum absolute atomic E-state index is 5.47. The Labute approximate surface area is 129 Å². The molecule has 2 aromatic heterocycles. The van der Waals surface area contributed by atoms with Crippen LogP contribution in [0.2, 0.25) is 0 Å². The summed E-state index contributed by atoms with van der Waals surface area (Å²) in [6.07, 6.45) is 2.84. The lowest BCUT2D eigenvalue weighted by atomic mass is 10.0. The zero-order valence-corrected chi connectivity index (χ0v) is 13.8. The second-order valence-corrected chi connectivity index (χ2v) is 5.94. The van der Waals surface area contributed by atoms with Crippen molar-refractivity contribution in [1.82, 2.24) is 19.9 Å². The van der Waals surface area contributed by atoms with Gasteiger partial charge in [-0.2, -0.15) is 0 Å². The summed E-state index contributed by atoms with van der Waals surface area (Å²) in [5.74, 6) is 1.12. The van der Waals surface area contributed by atoms with Gasteiger partial charge in [-0.25, -0.2) is 0 Å². The normalized spacial score (nSPS) is 12.6. The molecule has 0 saturated carbocycles. The number of hydrogen-bond donors (Lipinski definition) is 1. The number of methoxy groups -OCH3 is 1. The minimum atomic E-state index is -0.0292. The summed E-state index contributed by atoms with van der Waals surface area (Å²) >= 11 is 1.43. The minimum absolute atomic E-state index is 0.0292. The van der Waals surface area contributed by atoms with Gasteiger partial charge in [-0.3, -0.25) is 4.98 Å². The molecule has 1 N–H and O–H groups in total. The first-order valence-electron chi connectivity index (χ1n) is 7.23. The molecule has 0 spiro atoms. The summed E-state index contributed by atoms with van der Waals surface area (Å²) in [7, 11) is 1.67. The molecule has 1 atom stereocenters. The standard InChI is InChI=1S/C15H22N4OS/c1-5-8-16-14(13-11(20-4)7-6-9-17-13)15-12(10(2)3)18-19-21-15/h6-7,9-10,14,16H,5,8H2,1-4H3. The average molecular weight is 306 g/mol. The van der Waals surface area contributed by atoms with Crippen LogP contribution in [-0.4, -0.2) is 28.2 Å². The Morgan fingerprint density at radius 2 is 2.14 bits per heavy atom. The van der Waals surface area contributed by atoms with Crippen molar-refractivity contribution in [3.8, 4) is 5.75 Å². The Morgan fingerprint density at radius 1 is 1.33 bits per heavy atom. The number of pyridine rings is 1. The predicted octanol–water partition coefficient (Wildman–Crippen LogP) is 3.15. The molecule has 2 rings (SSSR count). The van der Waals surface area contributed by atoms with E-state index in [2.05, 4.69) is 40.7 Å². The molecule has 0 aromatic carbocycles. The van der Waals surface area contributed by atoms with Crippen LogP contribution < -0.4 is 10.1 Å². The summed E-state index contributed by atoms with van der Waals surface area (Å²) in [6, 6.07) is 3.79. The van der Waals surface area contributed by atoms with Crippen LogP contribution in [0.1, 0.15) is 55.4 Å². The molecular weight excluding hydrogens is 284 g/mol. The molecule has 0 aliphatic rings. The van der Waals surface area contributed by atoms with Crippen molar-refractivity contribution in [3.05, 3.63) is 34.6 Å². The van der Waals surface area contributed by atoms with Gasteiger partial charge in [0.1, 0.15) is 11.4 Å². The molecule has 0 bridgehead atoms. The SMILES string of the molecule is CCCNC(c1ncccc1OC)c1snnc1C(C)C. The average Bonchev–Trinajstić information content (AvgIpc) is 2.98. The van der Waals surface area contributed by atoms with Gasteiger partial charge in [0.15, 0.2) is 0 Å². The van der Waals surface area contributed by atoms with E-state index in [9.17, 15) is 0 Å². The number of hydrogen-bond acceptors (Lipinski definition) is 6. The number of ether oxygens (including phenoxy) is 1. The van der Waals surface area contributed by atoms with Crippen molar-refractivity contribution >= 4 is 11.5 Å². The Bertz CT molecular complexity index is 570. The van der Waals surface area contributed by atoms with Crippen molar-refractivity contribution in [2.45, 2.75) is 39.2 Å². The van der Waals surface area contributed by atoms with Crippen molar-refractivity contribution < 1.29 is 4.74 Å². The van der Waals surface area contributed by atoms with Crippen LogP contribution in [0.5, 0.6) is 5.75 Å². The second-order valence-electron chi connectivity index (χ2n) is 5.16. The number of nitrogens with one attached hydrogen (secondary N) is 1. The van der Waals surface area contributed by atoms with Gasteiger partial charge in [0, 0.05) is 6.20 Å². The van der Waals surface area contributed by atoms with E-state index < -0.39 is 0 Å². The molecule has 2 aromatic rings. The molecule has 5 nitrogen and oxygen atoms in total. The Hall–Kier alpha value is -1.53. The first-order chi connectivity index (χ1) is 10.2. The van der Waals surface area contributed by atoms with Crippen LogP contribution in [0.25, 0.3) is 0 Å². The number of rotatable bonds is 7. The monoisotopic (exact) mass is 306 g/mol. The highest BCUT2D eigenvalue weighted by Gasteiger charge is 2.25. The maximum atomic E-state index is 5.47. The summed E-state index contributed by atoms with van der Waals surface area (Å²) in [5, 5.41) is 7.83. The van der Waals surface area contributed by atoms with Crippen LogP contribution in [-0.2, 0) is 0 Å². The summed E-state index contributed by atoms with van der Waals surface area (Å²) in [4.78, 5) is 5.64.